The fraction of sp³-hybridized carbons (Fsp3) is 0.214. The maximum absolute atomic E-state index is 14.2. The van der Waals surface area contributed by atoms with E-state index in [1.165, 1.54) is 6.07 Å². The van der Waals surface area contributed by atoms with Gasteiger partial charge in [-0.2, -0.15) is 0 Å². The minimum atomic E-state index is -0.249. The van der Waals surface area contributed by atoms with Gasteiger partial charge < -0.3 is 19.5 Å². The molecule has 0 saturated carbocycles. The molecule has 0 unspecified atom stereocenters. The largest absolute Gasteiger partial charge is 0.495 e. The van der Waals surface area contributed by atoms with E-state index in [1.807, 2.05) is 42.5 Å². The Morgan fingerprint density at radius 3 is 2.56 bits per heavy atom. The number of methoxy groups -OCH3 is 1. The van der Waals surface area contributed by atoms with E-state index in [-0.39, 0.29) is 17.9 Å². The molecule has 0 aliphatic carbocycles. The van der Waals surface area contributed by atoms with Crippen molar-refractivity contribution >= 4 is 34.6 Å². The van der Waals surface area contributed by atoms with Crippen LogP contribution in [0.1, 0.15) is 40.3 Å². The van der Waals surface area contributed by atoms with E-state index in [2.05, 4.69) is 39.7 Å². The van der Waals surface area contributed by atoms with Gasteiger partial charge in [-0.3, -0.25) is 4.98 Å². The minimum Gasteiger partial charge on any atom is -0.495 e. The van der Waals surface area contributed by atoms with Gasteiger partial charge in [0.25, 0.3) is 0 Å². The van der Waals surface area contributed by atoms with Crippen molar-refractivity contribution in [3.63, 3.8) is 0 Å². The quantitative estimate of drug-likeness (QED) is 0.294. The molecule has 5 nitrogen and oxygen atoms in total. The molecular weight excluding hydrogens is 495 g/mol. The average Bonchev–Trinajstić information content (AvgIpc) is 3.36. The van der Waals surface area contributed by atoms with E-state index in [0.29, 0.717) is 15.7 Å². The summed E-state index contributed by atoms with van der Waals surface area (Å²) in [4.78, 5) is 6.69. The molecule has 1 fully saturated rings. The first-order valence-electron chi connectivity index (χ1n) is 11.6. The second-order valence-corrected chi connectivity index (χ2v) is 9.73. The highest BCUT2D eigenvalue weighted by molar-refractivity contribution is 7.80. The molecule has 5 rings (SSSR count). The normalized spacial score (nSPS) is 17.4. The number of rotatable bonds is 5. The van der Waals surface area contributed by atoms with Crippen molar-refractivity contribution in [2.45, 2.75) is 32.9 Å². The zero-order valence-electron chi connectivity index (χ0n) is 20.4. The number of benzene rings is 2. The van der Waals surface area contributed by atoms with Gasteiger partial charge in [0, 0.05) is 28.3 Å². The lowest BCUT2D eigenvalue weighted by atomic mass is 9.96. The van der Waals surface area contributed by atoms with Crippen LogP contribution < -0.4 is 15.0 Å². The Bertz CT molecular complexity index is 1460. The maximum atomic E-state index is 14.2. The maximum Gasteiger partial charge on any atom is 0.174 e. The number of ether oxygens (including phenoxy) is 1. The van der Waals surface area contributed by atoms with E-state index in [4.69, 9.17) is 28.6 Å². The third-order valence-corrected chi connectivity index (χ3v) is 7.24. The second-order valence-electron chi connectivity index (χ2n) is 8.91. The van der Waals surface area contributed by atoms with Crippen LogP contribution in [0.2, 0.25) is 5.02 Å². The van der Waals surface area contributed by atoms with Gasteiger partial charge in [0.1, 0.15) is 11.6 Å². The Morgan fingerprint density at radius 2 is 1.86 bits per heavy atom. The van der Waals surface area contributed by atoms with Gasteiger partial charge >= 0.3 is 0 Å². The number of nitrogens with one attached hydrogen (secondary N) is 1. The molecule has 1 N–H and O–H groups in total. The summed E-state index contributed by atoms with van der Waals surface area (Å²) < 4.78 is 22.0. The standard InChI is InChI=1S/C28H26ClFN4OS/c1-16-13-20(9-10-22(16)30)34-27(26(32-28(34)36)23-7-5-6-12-31-23)21-14-17(2)33(18(21)3)24-15-19(29)8-11-25(24)35-4/h5-15,26-27H,1-4H3,(H,32,36)/t26-,27+/m0/s1. The molecule has 8 heteroatoms. The lowest BCUT2D eigenvalue weighted by molar-refractivity contribution is 0.412. The molecule has 2 aromatic heterocycles. The Morgan fingerprint density at radius 1 is 1.06 bits per heavy atom. The van der Waals surface area contributed by atoms with Crippen LogP contribution in [0.5, 0.6) is 5.75 Å². The molecule has 36 heavy (non-hydrogen) atoms. The van der Waals surface area contributed by atoms with Crippen LogP contribution in [-0.4, -0.2) is 21.8 Å². The lowest BCUT2D eigenvalue weighted by Crippen LogP contribution is -2.29. The van der Waals surface area contributed by atoms with Crippen LogP contribution in [0.25, 0.3) is 5.69 Å². The summed E-state index contributed by atoms with van der Waals surface area (Å²) in [7, 11) is 1.65. The van der Waals surface area contributed by atoms with Gasteiger partial charge in [-0.05, 0) is 98.7 Å². The summed E-state index contributed by atoms with van der Waals surface area (Å²) in [6.45, 7) is 5.89. The predicted molar refractivity (Wildman–Crippen MR) is 146 cm³/mol. The minimum absolute atomic E-state index is 0.209. The summed E-state index contributed by atoms with van der Waals surface area (Å²) in [6, 6.07) is 18.2. The Kier molecular flexibility index (Phi) is 6.45. The molecule has 184 valence electrons. The third kappa shape index (κ3) is 4.12. The van der Waals surface area contributed by atoms with Crippen LogP contribution in [0, 0.1) is 26.6 Å². The zero-order valence-corrected chi connectivity index (χ0v) is 22.0. The number of halogens is 2. The third-order valence-electron chi connectivity index (χ3n) is 6.69. The fourth-order valence-corrected chi connectivity index (χ4v) is 5.54. The van der Waals surface area contributed by atoms with Gasteiger partial charge in [-0.25, -0.2) is 4.39 Å². The molecule has 1 aliphatic rings. The van der Waals surface area contributed by atoms with E-state index >= 15 is 0 Å². The molecular formula is C28H26ClFN4OS. The summed E-state index contributed by atoms with van der Waals surface area (Å²) >= 11 is 12.2. The first kappa shape index (κ1) is 24.3. The molecule has 1 aliphatic heterocycles. The zero-order chi connectivity index (χ0) is 25.6. The first-order chi connectivity index (χ1) is 17.3. The fourth-order valence-electron chi connectivity index (χ4n) is 5.02. The number of aromatic nitrogens is 2. The van der Waals surface area contributed by atoms with Crippen LogP contribution in [-0.2, 0) is 0 Å². The summed E-state index contributed by atoms with van der Waals surface area (Å²) in [5.74, 6) is 0.473. The number of pyridine rings is 1. The predicted octanol–water partition coefficient (Wildman–Crippen LogP) is 6.78. The van der Waals surface area contributed by atoms with Crippen molar-refractivity contribution in [3.05, 3.63) is 106 Å². The highest BCUT2D eigenvalue weighted by atomic mass is 35.5. The van der Waals surface area contributed by atoms with Crippen LogP contribution in [0.4, 0.5) is 10.1 Å². The summed E-state index contributed by atoms with van der Waals surface area (Å²) in [5.41, 5.74) is 6.23. The molecule has 0 amide bonds. The Hall–Kier alpha value is -3.42. The highest BCUT2D eigenvalue weighted by Crippen LogP contribution is 2.44. The molecule has 4 aromatic rings. The Labute approximate surface area is 220 Å². The lowest BCUT2D eigenvalue weighted by Gasteiger charge is -2.28. The van der Waals surface area contributed by atoms with Gasteiger partial charge in [0.15, 0.2) is 5.11 Å². The monoisotopic (exact) mass is 520 g/mol. The van der Waals surface area contributed by atoms with Crippen LogP contribution >= 0.6 is 23.8 Å². The van der Waals surface area contributed by atoms with Crippen molar-refractivity contribution in [3.8, 4) is 11.4 Å². The van der Waals surface area contributed by atoms with Gasteiger partial charge in [0.05, 0.1) is 30.6 Å². The smallest absolute Gasteiger partial charge is 0.174 e. The number of nitrogens with zero attached hydrogens (tertiary/aromatic N) is 3. The van der Waals surface area contributed by atoms with Gasteiger partial charge in [-0.15, -0.1) is 0 Å². The number of anilines is 1. The molecule has 3 heterocycles. The van der Waals surface area contributed by atoms with E-state index in [0.717, 1.165) is 39.8 Å². The second kappa shape index (κ2) is 9.56. The van der Waals surface area contributed by atoms with Crippen LogP contribution in [0.15, 0.2) is 66.9 Å². The summed E-state index contributed by atoms with van der Waals surface area (Å²) in [6.07, 6.45) is 1.78. The van der Waals surface area contributed by atoms with E-state index in [9.17, 15) is 4.39 Å². The number of hydrogen-bond acceptors (Lipinski definition) is 3. The van der Waals surface area contributed by atoms with E-state index in [1.54, 1.807) is 26.3 Å². The van der Waals surface area contributed by atoms with Crippen LogP contribution in [0.3, 0.4) is 0 Å². The van der Waals surface area contributed by atoms with Gasteiger partial charge in [-0.1, -0.05) is 17.7 Å². The molecule has 2 aromatic carbocycles. The molecule has 0 radical (unpaired) electrons. The average molecular weight is 521 g/mol. The molecule has 2 atom stereocenters. The van der Waals surface area contributed by atoms with Crippen molar-refractivity contribution < 1.29 is 9.13 Å². The van der Waals surface area contributed by atoms with Gasteiger partial charge in [0.2, 0.25) is 0 Å². The first-order valence-corrected chi connectivity index (χ1v) is 12.4. The molecule has 0 spiro atoms. The SMILES string of the molecule is COc1ccc(Cl)cc1-n1c(C)cc([C@@H]2[C@H](c3ccccn3)NC(=S)N2c2ccc(F)c(C)c2)c1C. The van der Waals surface area contributed by atoms with Crippen molar-refractivity contribution in [1.82, 2.24) is 14.9 Å². The summed E-state index contributed by atoms with van der Waals surface area (Å²) in [5, 5.41) is 4.66. The Balaban J connectivity index is 1.71. The van der Waals surface area contributed by atoms with Crippen molar-refractivity contribution in [1.29, 1.82) is 0 Å². The number of aryl methyl sites for hydroxylation is 2. The van der Waals surface area contributed by atoms with E-state index < -0.39 is 0 Å². The van der Waals surface area contributed by atoms with Crippen molar-refractivity contribution in [2.75, 3.05) is 12.0 Å². The number of hydrogen-bond donors (Lipinski definition) is 1. The number of thiocarbonyl (C=S) groups is 1. The van der Waals surface area contributed by atoms with Crippen molar-refractivity contribution in [2.24, 2.45) is 0 Å². The topological polar surface area (TPSA) is 42.3 Å². The molecule has 0 bridgehead atoms. The highest BCUT2D eigenvalue weighted by Gasteiger charge is 2.42. The molecule has 1 saturated heterocycles.